The molecule has 0 saturated heterocycles. The molecule has 0 heterocycles. The van der Waals surface area contributed by atoms with Crippen LogP contribution in [0, 0.1) is 18.8 Å². The van der Waals surface area contributed by atoms with Crippen LogP contribution in [-0.2, 0) is 10.8 Å². The maximum Gasteiger partial charge on any atom is 0.251 e. The van der Waals surface area contributed by atoms with Crippen LogP contribution in [0.15, 0.2) is 18.2 Å². The second-order valence-electron chi connectivity index (χ2n) is 4.02. The van der Waals surface area contributed by atoms with Crippen LogP contribution in [0.4, 0.5) is 0 Å². The van der Waals surface area contributed by atoms with E-state index >= 15 is 0 Å². The molecule has 0 bridgehead atoms. The molecule has 1 aromatic carbocycles. The molecule has 4 nitrogen and oxygen atoms in total. The Hall–Kier alpha value is -1.64. The molecule has 102 valence electrons. The Labute approximate surface area is 115 Å². The molecule has 0 aliphatic heterocycles. The summed E-state index contributed by atoms with van der Waals surface area (Å²) in [6.45, 7) is 2.06. The Morgan fingerprint density at radius 3 is 2.84 bits per heavy atom. The van der Waals surface area contributed by atoms with Gasteiger partial charge in [-0.2, -0.15) is 0 Å². The van der Waals surface area contributed by atoms with Crippen molar-refractivity contribution in [3.05, 3.63) is 34.9 Å². The van der Waals surface area contributed by atoms with Gasteiger partial charge in [-0.05, 0) is 24.6 Å². The first-order valence-electron chi connectivity index (χ1n) is 5.83. The summed E-state index contributed by atoms with van der Waals surface area (Å²) < 4.78 is 10.9. The predicted octanol–water partition coefficient (Wildman–Crippen LogP) is 0.447. The predicted molar refractivity (Wildman–Crippen MR) is 76.4 cm³/mol. The number of amides is 1. The number of hydrogen-bond donors (Lipinski definition) is 2. The van der Waals surface area contributed by atoms with Gasteiger partial charge >= 0.3 is 0 Å². The summed E-state index contributed by atoms with van der Waals surface area (Å²) in [4.78, 5) is 11.9. The maximum atomic E-state index is 11.9. The number of aliphatic hydroxyl groups is 1. The van der Waals surface area contributed by atoms with Crippen molar-refractivity contribution in [2.24, 2.45) is 0 Å². The van der Waals surface area contributed by atoms with Crippen LogP contribution < -0.4 is 5.32 Å². The van der Waals surface area contributed by atoms with Crippen LogP contribution in [0.1, 0.15) is 21.5 Å². The van der Waals surface area contributed by atoms with E-state index in [1.165, 1.54) is 0 Å². The molecule has 0 radical (unpaired) electrons. The average Bonchev–Trinajstić information content (AvgIpc) is 2.37. The Bertz CT molecular complexity index is 543. The molecule has 1 atom stereocenters. The Morgan fingerprint density at radius 2 is 2.21 bits per heavy atom. The molecule has 0 aliphatic rings. The summed E-state index contributed by atoms with van der Waals surface area (Å²) in [5.74, 6) is 5.60. The van der Waals surface area contributed by atoms with Crippen LogP contribution in [0.5, 0.6) is 0 Å². The van der Waals surface area contributed by atoms with Crippen molar-refractivity contribution in [3.63, 3.8) is 0 Å². The van der Waals surface area contributed by atoms with Gasteiger partial charge in [0.15, 0.2) is 0 Å². The number of carbonyl (C=O) groups excluding carboxylic acids is 1. The second kappa shape index (κ2) is 7.72. The molecule has 1 amide bonds. The lowest BCUT2D eigenvalue weighted by molar-refractivity contribution is 0.0956. The van der Waals surface area contributed by atoms with Crippen molar-refractivity contribution in [3.8, 4) is 11.8 Å². The molecule has 5 heteroatoms. The van der Waals surface area contributed by atoms with E-state index in [9.17, 15) is 9.00 Å². The largest absolute Gasteiger partial charge is 0.384 e. The molecule has 1 rings (SSSR count). The second-order valence-corrected chi connectivity index (χ2v) is 5.58. The molecule has 19 heavy (non-hydrogen) atoms. The summed E-state index contributed by atoms with van der Waals surface area (Å²) in [5.41, 5.74) is 2.18. The van der Waals surface area contributed by atoms with Crippen LogP contribution in [0.25, 0.3) is 0 Å². The highest BCUT2D eigenvalue weighted by Crippen LogP contribution is 2.10. The van der Waals surface area contributed by atoms with Crippen molar-refractivity contribution >= 4 is 16.7 Å². The van der Waals surface area contributed by atoms with E-state index in [2.05, 4.69) is 17.2 Å². The van der Waals surface area contributed by atoms with Crippen molar-refractivity contribution < 1.29 is 14.1 Å². The number of benzene rings is 1. The first kappa shape index (κ1) is 15.4. The van der Waals surface area contributed by atoms with E-state index in [0.717, 1.165) is 11.1 Å². The lowest BCUT2D eigenvalue weighted by atomic mass is 10.0. The third-order valence-electron chi connectivity index (χ3n) is 2.48. The monoisotopic (exact) mass is 279 g/mol. The summed E-state index contributed by atoms with van der Waals surface area (Å²) >= 11 is 0. The van der Waals surface area contributed by atoms with E-state index in [1.807, 2.05) is 13.0 Å². The molecule has 2 N–H and O–H groups in total. The lowest BCUT2D eigenvalue weighted by Crippen LogP contribution is -2.27. The van der Waals surface area contributed by atoms with Crippen LogP contribution >= 0.6 is 0 Å². The molecule has 1 aromatic rings. The van der Waals surface area contributed by atoms with Crippen molar-refractivity contribution in [2.45, 2.75) is 6.92 Å². The van der Waals surface area contributed by atoms with Gasteiger partial charge in [-0.3, -0.25) is 9.00 Å². The molecule has 0 aliphatic carbocycles. The minimum absolute atomic E-state index is 0.210. The summed E-state index contributed by atoms with van der Waals surface area (Å²) in [6.07, 6.45) is 1.60. The number of aliphatic hydroxyl groups excluding tert-OH is 1. The topological polar surface area (TPSA) is 66.4 Å². The first-order chi connectivity index (χ1) is 9.04. The molecule has 0 aromatic heterocycles. The van der Waals surface area contributed by atoms with Crippen molar-refractivity contribution in [1.82, 2.24) is 5.32 Å². The lowest BCUT2D eigenvalue weighted by Gasteiger charge is -2.06. The van der Waals surface area contributed by atoms with Crippen LogP contribution in [0.3, 0.4) is 0 Å². The highest BCUT2D eigenvalue weighted by atomic mass is 32.2. The maximum absolute atomic E-state index is 11.9. The quantitative estimate of drug-likeness (QED) is 0.786. The van der Waals surface area contributed by atoms with Crippen LogP contribution in [0.2, 0.25) is 0 Å². The zero-order valence-corrected chi connectivity index (χ0v) is 11.8. The van der Waals surface area contributed by atoms with Gasteiger partial charge < -0.3 is 10.4 Å². The van der Waals surface area contributed by atoms with Crippen LogP contribution in [-0.4, -0.2) is 40.4 Å². The fourth-order valence-corrected chi connectivity index (χ4v) is 1.83. The van der Waals surface area contributed by atoms with Gasteiger partial charge in [0.1, 0.15) is 6.61 Å². The number of hydrogen-bond acceptors (Lipinski definition) is 3. The van der Waals surface area contributed by atoms with Gasteiger partial charge in [-0.15, -0.1) is 0 Å². The molecular weight excluding hydrogens is 262 g/mol. The van der Waals surface area contributed by atoms with Gasteiger partial charge in [0.05, 0.1) is 0 Å². The smallest absolute Gasteiger partial charge is 0.251 e. The number of carbonyl (C=O) groups is 1. The number of aryl methyl sites for hydroxylation is 1. The average molecular weight is 279 g/mol. The SMILES string of the molecule is Cc1ccc(C(=O)NCCS(C)=O)cc1C#CCO. The van der Waals surface area contributed by atoms with Gasteiger partial charge in [-0.1, -0.05) is 17.9 Å². The minimum atomic E-state index is -0.916. The number of rotatable bonds is 4. The zero-order valence-electron chi connectivity index (χ0n) is 11.0. The summed E-state index contributed by atoms with van der Waals surface area (Å²) in [6, 6.07) is 5.22. The zero-order chi connectivity index (χ0) is 14.3. The summed E-state index contributed by atoms with van der Waals surface area (Å²) in [5, 5.41) is 11.4. The van der Waals surface area contributed by atoms with Gasteiger partial charge in [0, 0.05) is 40.5 Å². The molecule has 0 saturated carbocycles. The highest BCUT2D eigenvalue weighted by molar-refractivity contribution is 7.84. The molecular formula is C14H17NO3S. The van der Waals surface area contributed by atoms with Gasteiger partial charge in [0.25, 0.3) is 5.91 Å². The van der Waals surface area contributed by atoms with E-state index in [-0.39, 0.29) is 12.5 Å². The van der Waals surface area contributed by atoms with E-state index in [4.69, 9.17) is 5.11 Å². The van der Waals surface area contributed by atoms with Gasteiger partial charge in [0.2, 0.25) is 0 Å². The van der Waals surface area contributed by atoms with E-state index in [1.54, 1.807) is 18.4 Å². The minimum Gasteiger partial charge on any atom is -0.384 e. The van der Waals surface area contributed by atoms with E-state index < -0.39 is 10.8 Å². The standard InChI is InChI=1S/C14H17NO3S/c1-11-5-6-13(10-12(11)4-3-8-16)14(17)15-7-9-19(2)18/h5-6,10,16H,7-9H2,1-2H3,(H,15,17). The van der Waals surface area contributed by atoms with Gasteiger partial charge in [-0.25, -0.2) is 0 Å². The Kier molecular flexibility index (Phi) is 6.26. The molecule has 0 fully saturated rings. The number of nitrogens with one attached hydrogen (secondary N) is 1. The van der Waals surface area contributed by atoms with E-state index in [0.29, 0.717) is 17.9 Å². The highest BCUT2D eigenvalue weighted by Gasteiger charge is 2.07. The first-order valence-corrected chi connectivity index (χ1v) is 7.56. The summed E-state index contributed by atoms with van der Waals surface area (Å²) in [7, 11) is -0.916. The molecule has 0 spiro atoms. The fourth-order valence-electron chi connectivity index (χ4n) is 1.44. The fraction of sp³-hybridized carbons (Fsp3) is 0.357. The third kappa shape index (κ3) is 5.25. The third-order valence-corrected chi connectivity index (χ3v) is 3.26. The normalized spacial score (nSPS) is 11.3. The Morgan fingerprint density at radius 1 is 1.47 bits per heavy atom. The van der Waals surface area contributed by atoms with Crippen molar-refractivity contribution in [2.75, 3.05) is 25.2 Å². The molecule has 1 unspecified atom stereocenters. The van der Waals surface area contributed by atoms with Crippen molar-refractivity contribution in [1.29, 1.82) is 0 Å². The Balaban J connectivity index is 2.78.